The van der Waals surface area contributed by atoms with Gasteiger partial charge in [-0.1, -0.05) is 24.3 Å². The second-order valence-corrected chi connectivity index (χ2v) is 7.82. The lowest BCUT2D eigenvalue weighted by Gasteiger charge is -2.35. The Morgan fingerprint density at radius 3 is 2.23 bits per heavy atom. The highest BCUT2D eigenvalue weighted by Crippen LogP contribution is 2.33. The average Bonchev–Trinajstić information content (AvgIpc) is 2.88. The molecule has 1 aliphatic heterocycles. The Kier molecular flexibility index (Phi) is 7.11. The summed E-state index contributed by atoms with van der Waals surface area (Å²) in [6.45, 7) is 0. The number of para-hydroxylation sites is 2. The number of nitrogens with one attached hydrogen (secondary N) is 2. The molecule has 1 atom stereocenters. The zero-order valence-corrected chi connectivity index (χ0v) is 19.4. The Labute approximate surface area is 203 Å². The van der Waals surface area contributed by atoms with E-state index >= 15 is 0 Å². The Bertz CT molecular complexity index is 1250. The number of rotatable bonds is 7. The molecule has 35 heavy (non-hydrogen) atoms. The number of benzene rings is 3. The van der Waals surface area contributed by atoms with E-state index < -0.39 is 23.8 Å². The van der Waals surface area contributed by atoms with Crippen molar-refractivity contribution in [3.63, 3.8) is 0 Å². The highest BCUT2D eigenvalue weighted by Gasteiger charge is 2.37. The van der Waals surface area contributed by atoms with Crippen LogP contribution in [0, 0.1) is 0 Å². The summed E-state index contributed by atoms with van der Waals surface area (Å²) >= 11 is 0. The van der Waals surface area contributed by atoms with Gasteiger partial charge in [0.2, 0.25) is 11.8 Å². The minimum absolute atomic E-state index is 0.214. The molecule has 1 aliphatic rings. The number of carbonyl (C=O) groups is 3. The minimum Gasteiger partial charge on any atom is -0.497 e. The van der Waals surface area contributed by atoms with Crippen LogP contribution in [0.25, 0.3) is 6.08 Å². The third kappa shape index (κ3) is 5.50. The molecule has 4 rings (SSSR count). The number of fused-ring (bicyclic) bond motifs is 1. The predicted molar refractivity (Wildman–Crippen MR) is 135 cm³/mol. The Morgan fingerprint density at radius 2 is 1.57 bits per heavy atom. The molecule has 0 unspecified atom stereocenters. The third-order valence-electron chi connectivity index (χ3n) is 5.56. The lowest BCUT2D eigenvalue weighted by Crippen LogP contribution is -2.52. The van der Waals surface area contributed by atoms with Gasteiger partial charge in [-0.2, -0.15) is 0 Å². The van der Waals surface area contributed by atoms with Crippen LogP contribution in [0.1, 0.15) is 12.0 Å². The van der Waals surface area contributed by atoms with Crippen molar-refractivity contribution >= 4 is 40.9 Å². The molecular formula is C27H25N3O5. The monoisotopic (exact) mass is 471 g/mol. The first-order valence-corrected chi connectivity index (χ1v) is 11.0. The molecule has 0 radical (unpaired) electrons. The number of hydrogen-bond donors (Lipinski definition) is 2. The van der Waals surface area contributed by atoms with E-state index in [1.807, 2.05) is 12.1 Å². The Morgan fingerprint density at radius 1 is 0.943 bits per heavy atom. The first-order valence-electron chi connectivity index (χ1n) is 11.0. The number of anilines is 3. The van der Waals surface area contributed by atoms with Gasteiger partial charge in [0.05, 0.1) is 32.0 Å². The second kappa shape index (κ2) is 10.6. The van der Waals surface area contributed by atoms with E-state index in [4.69, 9.17) is 9.47 Å². The van der Waals surface area contributed by atoms with Crippen LogP contribution < -0.4 is 25.0 Å². The van der Waals surface area contributed by atoms with Crippen LogP contribution in [0.4, 0.5) is 17.1 Å². The van der Waals surface area contributed by atoms with E-state index in [2.05, 4.69) is 10.6 Å². The number of methoxy groups -OCH3 is 2. The fourth-order valence-corrected chi connectivity index (χ4v) is 3.77. The van der Waals surface area contributed by atoms with Crippen molar-refractivity contribution in [2.45, 2.75) is 12.5 Å². The molecule has 3 aromatic carbocycles. The van der Waals surface area contributed by atoms with Crippen LogP contribution in [0.15, 0.2) is 78.9 Å². The molecular weight excluding hydrogens is 446 g/mol. The van der Waals surface area contributed by atoms with E-state index in [-0.39, 0.29) is 6.42 Å². The fourth-order valence-electron chi connectivity index (χ4n) is 3.77. The van der Waals surface area contributed by atoms with Gasteiger partial charge in [0, 0.05) is 11.8 Å². The summed E-state index contributed by atoms with van der Waals surface area (Å²) in [4.78, 5) is 40.4. The quantitative estimate of drug-likeness (QED) is 0.506. The molecule has 0 aromatic heterocycles. The van der Waals surface area contributed by atoms with Gasteiger partial charge in [-0.25, -0.2) is 0 Å². The zero-order chi connectivity index (χ0) is 24.8. The lowest BCUT2D eigenvalue weighted by molar-refractivity contribution is -0.124. The van der Waals surface area contributed by atoms with Gasteiger partial charge in [0.15, 0.2) is 0 Å². The molecule has 178 valence electrons. The lowest BCUT2D eigenvalue weighted by atomic mass is 10.0. The second-order valence-electron chi connectivity index (χ2n) is 7.82. The molecule has 8 nitrogen and oxygen atoms in total. The van der Waals surface area contributed by atoms with E-state index in [0.29, 0.717) is 28.6 Å². The van der Waals surface area contributed by atoms with Crippen molar-refractivity contribution in [3.8, 4) is 11.5 Å². The van der Waals surface area contributed by atoms with Crippen LogP contribution in [-0.4, -0.2) is 38.0 Å². The molecule has 3 amide bonds. The van der Waals surface area contributed by atoms with Crippen LogP contribution in [0.5, 0.6) is 11.5 Å². The predicted octanol–water partition coefficient (Wildman–Crippen LogP) is 4.10. The van der Waals surface area contributed by atoms with Crippen LogP contribution in [-0.2, 0) is 14.4 Å². The van der Waals surface area contributed by atoms with Crippen LogP contribution in [0.3, 0.4) is 0 Å². The molecule has 0 fully saturated rings. The standard InChI is InChI=1S/C27H25N3O5/c1-34-20-12-7-18(8-13-20)9-16-26(32)30-23-6-4-3-5-22(23)29-27(33)24(30)17-25(31)28-19-10-14-21(35-2)15-11-19/h3-16,24H,17H2,1-2H3,(H,28,31)(H,29,33)/b16-9+/t24-/m0/s1. The molecule has 1 heterocycles. The molecule has 8 heteroatoms. The van der Waals surface area contributed by atoms with Crippen LogP contribution in [0.2, 0.25) is 0 Å². The minimum atomic E-state index is -1.02. The molecule has 0 aliphatic carbocycles. The van der Waals surface area contributed by atoms with Gasteiger partial charge in [0.25, 0.3) is 5.91 Å². The summed E-state index contributed by atoms with van der Waals surface area (Å²) in [5.74, 6) is 0.126. The van der Waals surface area contributed by atoms with Gasteiger partial charge in [-0.15, -0.1) is 0 Å². The SMILES string of the molecule is COc1ccc(/C=C/C(=O)N2c3ccccc3NC(=O)[C@@H]2CC(=O)Nc2ccc(OC)cc2)cc1. The van der Waals surface area contributed by atoms with Crippen molar-refractivity contribution < 1.29 is 23.9 Å². The number of ether oxygens (including phenoxy) is 2. The summed E-state index contributed by atoms with van der Waals surface area (Å²) in [6, 6.07) is 20.1. The molecule has 0 saturated carbocycles. The van der Waals surface area contributed by atoms with Gasteiger partial charge in [-0.3, -0.25) is 19.3 Å². The molecule has 3 aromatic rings. The Balaban J connectivity index is 1.56. The summed E-state index contributed by atoms with van der Waals surface area (Å²) in [7, 11) is 3.14. The van der Waals surface area contributed by atoms with Gasteiger partial charge in [-0.05, 0) is 60.2 Å². The maximum Gasteiger partial charge on any atom is 0.251 e. The number of carbonyl (C=O) groups excluding carboxylic acids is 3. The Hall–Kier alpha value is -4.59. The van der Waals surface area contributed by atoms with E-state index in [0.717, 1.165) is 5.56 Å². The van der Waals surface area contributed by atoms with Crippen molar-refractivity contribution in [2.75, 3.05) is 29.8 Å². The number of hydrogen-bond acceptors (Lipinski definition) is 5. The van der Waals surface area contributed by atoms with E-state index in [1.54, 1.807) is 81.0 Å². The number of nitrogens with zero attached hydrogens (tertiary/aromatic N) is 1. The normalized spacial score (nSPS) is 14.7. The smallest absolute Gasteiger partial charge is 0.251 e. The third-order valence-corrected chi connectivity index (χ3v) is 5.56. The topological polar surface area (TPSA) is 97.0 Å². The molecule has 0 saturated heterocycles. The van der Waals surface area contributed by atoms with E-state index in [1.165, 1.54) is 11.0 Å². The largest absolute Gasteiger partial charge is 0.497 e. The van der Waals surface area contributed by atoms with Gasteiger partial charge < -0.3 is 20.1 Å². The maximum atomic E-state index is 13.3. The van der Waals surface area contributed by atoms with Crippen molar-refractivity contribution in [3.05, 3.63) is 84.4 Å². The van der Waals surface area contributed by atoms with Crippen molar-refractivity contribution in [1.82, 2.24) is 0 Å². The highest BCUT2D eigenvalue weighted by molar-refractivity contribution is 6.16. The number of amides is 3. The molecule has 2 N–H and O–H groups in total. The zero-order valence-electron chi connectivity index (χ0n) is 19.4. The first-order chi connectivity index (χ1) is 17.0. The molecule has 0 bridgehead atoms. The van der Waals surface area contributed by atoms with Crippen molar-refractivity contribution in [2.24, 2.45) is 0 Å². The van der Waals surface area contributed by atoms with Crippen molar-refractivity contribution in [1.29, 1.82) is 0 Å². The fraction of sp³-hybridized carbons (Fsp3) is 0.148. The van der Waals surface area contributed by atoms with Crippen LogP contribution >= 0.6 is 0 Å². The van der Waals surface area contributed by atoms with Gasteiger partial charge >= 0.3 is 0 Å². The first kappa shape index (κ1) is 23.6. The summed E-state index contributed by atoms with van der Waals surface area (Å²) in [6.07, 6.45) is 2.84. The highest BCUT2D eigenvalue weighted by atomic mass is 16.5. The molecule has 0 spiro atoms. The maximum absolute atomic E-state index is 13.3. The average molecular weight is 472 g/mol. The van der Waals surface area contributed by atoms with Gasteiger partial charge in [0.1, 0.15) is 17.5 Å². The summed E-state index contributed by atoms with van der Waals surface area (Å²) in [5.41, 5.74) is 2.39. The van der Waals surface area contributed by atoms with E-state index in [9.17, 15) is 14.4 Å². The summed E-state index contributed by atoms with van der Waals surface area (Å²) < 4.78 is 10.3. The summed E-state index contributed by atoms with van der Waals surface area (Å²) in [5, 5.41) is 5.57.